The molecule has 0 bridgehead atoms. The van der Waals surface area contributed by atoms with Gasteiger partial charge in [-0.25, -0.2) is 0 Å². The van der Waals surface area contributed by atoms with Gasteiger partial charge in [0.2, 0.25) is 0 Å². The first-order valence-corrected chi connectivity index (χ1v) is 7.51. The summed E-state index contributed by atoms with van der Waals surface area (Å²) in [6.45, 7) is 7.59. The van der Waals surface area contributed by atoms with Gasteiger partial charge in [-0.2, -0.15) is 0 Å². The van der Waals surface area contributed by atoms with E-state index in [1.54, 1.807) is 0 Å². The van der Waals surface area contributed by atoms with E-state index >= 15 is 0 Å². The Hall–Kier alpha value is -0.570. The molecule has 0 aromatic heterocycles. The third-order valence-corrected chi connectivity index (χ3v) is 4.37. The standard InChI is InChI=1S/C16H26ClNO/c1-4-16(5-2,12-19)11-18-13(3)10-14-6-8-15(17)9-7-14/h6-9,13,18-19H,4-5,10-12H2,1-3H3. The Kier molecular flexibility index (Phi) is 6.84. The molecule has 1 aromatic rings. The Bertz CT molecular complexity index is 351. The summed E-state index contributed by atoms with van der Waals surface area (Å²) in [6, 6.07) is 8.39. The molecule has 0 saturated carbocycles. The van der Waals surface area contributed by atoms with Gasteiger partial charge < -0.3 is 10.4 Å². The largest absolute Gasteiger partial charge is 0.396 e. The minimum absolute atomic E-state index is 0.0221. The molecule has 2 N–H and O–H groups in total. The maximum Gasteiger partial charge on any atom is 0.0499 e. The van der Waals surface area contributed by atoms with Crippen molar-refractivity contribution < 1.29 is 5.11 Å². The van der Waals surface area contributed by atoms with Gasteiger partial charge in [0.1, 0.15) is 0 Å². The molecular weight excluding hydrogens is 258 g/mol. The Morgan fingerprint density at radius 2 is 1.79 bits per heavy atom. The summed E-state index contributed by atoms with van der Waals surface area (Å²) in [5.74, 6) is 0. The van der Waals surface area contributed by atoms with Crippen LogP contribution in [0.5, 0.6) is 0 Å². The van der Waals surface area contributed by atoms with Crippen molar-refractivity contribution in [2.45, 2.75) is 46.1 Å². The second kappa shape index (κ2) is 7.88. The normalized spacial score (nSPS) is 13.5. The summed E-state index contributed by atoms with van der Waals surface area (Å²) in [4.78, 5) is 0. The van der Waals surface area contributed by atoms with Crippen LogP contribution < -0.4 is 5.32 Å². The van der Waals surface area contributed by atoms with Crippen molar-refractivity contribution >= 4 is 11.6 Å². The molecule has 1 rings (SSSR count). The molecule has 0 aliphatic carbocycles. The van der Waals surface area contributed by atoms with Crippen LogP contribution in [0.2, 0.25) is 5.02 Å². The second-order valence-electron chi connectivity index (χ2n) is 5.48. The molecule has 1 unspecified atom stereocenters. The van der Waals surface area contributed by atoms with Gasteiger partial charge in [0.25, 0.3) is 0 Å². The van der Waals surface area contributed by atoms with E-state index in [9.17, 15) is 5.11 Å². The molecule has 0 saturated heterocycles. The molecule has 0 radical (unpaired) electrons. The zero-order valence-electron chi connectivity index (χ0n) is 12.2. The quantitative estimate of drug-likeness (QED) is 0.763. The number of aliphatic hydroxyl groups is 1. The van der Waals surface area contributed by atoms with Crippen LogP contribution in [-0.4, -0.2) is 24.3 Å². The SMILES string of the molecule is CCC(CC)(CO)CNC(C)Cc1ccc(Cl)cc1. The van der Waals surface area contributed by atoms with Gasteiger partial charge in [0, 0.05) is 29.6 Å². The minimum Gasteiger partial charge on any atom is -0.396 e. The zero-order valence-corrected chi connectivity index (χ0v) is 13.0. The second-order valence-corrected chi connectivity index (χ2v) is 5.91. The van der Waals surface area contributed by atoms with Gasteiger partial charge in [-0.3, -0.25) is 0 Å². The van der Waals surface area contributed by atoms with Crippen molar-refractivity contribution in [3.63, 3.8) is 0 Å². The lowest BCUT2D eigenvalue weighted by molar-refractivity contribution is 0.110. The number of aliphatic hydroxyl groups excluding tert-OH is 1. The highest BCUT2D eigenvalue weighted by atomic mass is 35.5. The van der Waals surface area contributed by atoms with Crippen LogP contribution >= 0.6 is 11.6 Å². The van der Waals surface area contributed by atoms with Gasteiger partial charge in [-0.05, 0) is 43.9 Å². The lowest BCUT2D eigenvalue weighted by atomic mass is 9.83. The van der Waals surface area contributed by atoms with E-state index in [1.807, 2.05) is 12.1 Å². The first-order valence-electron chi connectivity index (χ1n) is 7.14. The lowest BCUT2D eigenvalue weighted by Crippen LogP contribution is -2.41. The summed E-state index contributed by atoms with van der Waals surface area (Å²) in [6.07, 6.45) is 2.98. The van der Waals surface area contributed by atoms with E-state index in [0.29, 0.717) is 6.04 Å². The smallest absolute Gasteiger partial charge is 0.0499 e. The number of rotatable bonds is 8. The van der Waals surface area contributed by atoms with E-state index in [0.717, 1.165) is 30.8 Å². The molecule has 19 heavy (non-hydrogen) atoms. The molecule has 0 aliphatic heterocycles. The molecule has 3 heteroatoms. The average molecular weight is 284 g/mol. The topological polar surface area (TPSA) is 32.3 Å². The zero-order chi connectivity index (χ0) is 14.3. The van der Waals surface area contributed by atoms with Crippen LogP contribution in [0.1, 0.15) is 39.2 Å². The van der Waals surface area contributed by atoms with Crippen molar-refractivity contribution in [3.05, 3.63) is 34.9 Å². The highest BCUT2D eigenvalue weighted by Crippen LogP contribution is 2.24. The minimum atomic E-state index is 0.0221. The van der Waals surface area contributed by atoms with E-state index in [4.69, 9.17) is 11.6 Å². The van der Waals surface area contributed by atoms with Gasteiger partial charge in [0.15, 0.2) is 0 Å². The molecule has 0 heterocycles. The third kappa shape index (κ3) is 5.13. The van der Waals surface area contributed by atoms with Gasteiger partial charge in [0.05, 0.1) is 0 Å². The molecule has 0 amide bonds. The molecule has 2 nitrogen and oxygen atoms in total. The summed E-state index contributed by atoms with van der Waals surface area (Å²) >= 11 is 5.88. The third-order valence-electron chi connectivity index (χ3n) is 4.12. The van der Waals surface area contributed by atoms with Crippen molar-refractivity contribution in [2.75, 3.05) is 13.2 Å². The highest BCUT2D eigenvalue weighted by molar-refractivity contribution is 6.30. The highest BCUT2D eigenvalue weighted by Gasteiger charge is 2.25. The molecule has 0 aliphatic rings. The van der Waals surface area contributed by atoms with Crippen LogP contribution in [0.15, 0.2) is 24.3 Å². The molecule has 0 spiro atoms. The van der Waals surface area contributed by atoms with Crippen LogP contribution in [0.4, 0.5) is 0 Å². The average Bonchev–Trinajstić information content (AvgIpc) is 2.44. The molecular formula is C16H26ClNO. The van der Waals surface area contributed by atoms with Crippen molar-refractivity contribution in [1.29, 1.82) is 0 Å². The first-order chi connectivity index (χ1) is 9.05. The summed E-state index contributed by atoms with van der Waals surface area (Å²) < 4.78 is 0. The number of hydrogen-bond donors (Lipinski definition) is 2. The van der Waals surface area contributed by atoms with Crippen LogP contribution in [-0.2, 0) is 6.42 Å². The number of nitrogens with one attached hydrogen (secondary N) is 1. The predicted octanol–water partition coefficient (Wildman–Crippen LogP) is 3.66. The monoisotopic (exact) mass is 283 g/mol. The van der Waals surface area contributed by atoms with Crippen LogP contribution in [0.3, 0.4) is 0 Å². The summed E-state index contributed by atoms with van der Waals surface area (Å²) in [5, 5.41) is 13.9. The van der Waals surface area contributed by atoms with Crippen molar-refractivity contribution in [3.8, 4) is 0 Å². The molecule has 1 atom stereocenters. The van der Waals surface area contributed by atoms with Crippen molar-refractivity contribution in [1.82, 2.24) is 5.32 Å². The Labute approximate surface area is 122 Å². The molecule has 1 aromatic carbocycles. The fourth-order valence-corrected chi connectivity index (χ4v) is 2.34. The van der Waals surface area contributed by atoms with E-state index in [2.05, 4.69) is 38.2 Å². The number of halogens is 1. The number of hydrogen-bond acceptors (Lipinski definition) is 2. The lowest BCUT2D eigenvalue weighted by Gasteiger charge is -2.31. The van der Waals surface area contributed by atoms with Gasteiger partial charge >= 0.3 is 0 Å². The summed E-state index contributed by atoms with van der Waals surface area (Å²) in [5.41, 5.74) is 1.31. The van der Waals surface area contributed by atoms with Crippen LogP contribution in [0.25, 0.3) is 0 Å². The summed E-state index contributed by atoms with van der Waals surface area (Å²) in [7, 11) is 0. The molecule has 0 fully saturated rings. The fraction of sp³-hybridized carbons (Fsp3) is 0.625. The van der Waals surface area contributed by atoms with Crippen molar-refractivity contribution in [2.24, 2.45) is 5.41 Å². The Morgan fingerprint density at radius 3 is 2.26 bits per heavy atom. The Balaban J connectivity index is 2.47. The van der Waals surface area contributed by atoms with Gasteiger partial charge in [-0.1, -0.05) is 37.6 Å². The van der Waals surface area contributed by atoms with Crippen LogP contribution in [0, 0.1) is 5.41 Å². The van der Waals surface area contributed by atoms with E-state index < -0.39 is 0 Å². The van der Waals surface area contributed by atoms with Gasteiger partial charge in [-0.15, -0.1) is 0 Å². The maximum atomic E-state index is 9.56. The number of benzene rings is 1. The fourth-order valence-electron chi connectivity index (χ4n) is 2.22. The van der Waals surface area contributed by atoms with E-state index in [1.165, 1.54) is 5.56 Å². The Morgan fingerprint density at radius 1 is 1.21 bits per heavy atom. The van der Waals surface area contributed by atoms with E-state index in [-0.39, 0.29) is 12.0 Å². The predicted molar refractivity (Wildman–Crippen MR) is 82.7 cm³/mol. The molecule has 108 valence electrons. The first kappa shape index (κ1) is 16.5. The maximum absolute atomic E-state index is 9.56.